The van der Waals surface area contributed by atoms with Crippen LogP contribution in [-0.2, 0) is 23.0 Å². The van der Waals surface area contributed by atoms with Gasteiger partial charge in [-0.1, -0.05) is 37.1 Å². The van der Waals surface area contributed by atoms with Crippen LogP contribution < -0.4 is 24.8 Å². The molecule has 0 spiro atoms. The van der Waals surface area contributed by atoms with E-state index in [9.17, 15) is 0 Å². The minimum absolute atomic E-state index is 0. The van der Waals surface area contributed by atoms with E-state index in [0.717, 1.165) is 0 Å². The van der Waals surface area contributed by atoms with E-state index in [-0.39, 0.29) is 24.8 Å². The molecule has 5 rings (SSSR count). The van der Waals surface area contributed by atoms with Gasteiger partial charge >= 0.3 is 47.0 Å². The summed E-state index contributed by atoms with van der Waals surface area (Å²) in [5.41, 5.74) is 5.90. The van der Waals surface area contributed by atoms with Gasteiger partial charge < -0.3 is 24.8 Å². The molecule has 1 aliphatic heterocycles. The summed E-state index contributed by atoms with van der Waals surface area (Å²) in [5.74, 6) is 0. The fraction of sp³-hybridized carbons (Fsp3) is 0.280. The van der Waals surface area contributed by atoms with Crippen molar-refractivity contribution in [1.82, 2.24) is 0 Å². The van der Waals surface area contributed by atoms with Crippen molar-refractivity contribution >= 4 is 27.0 Å². The van der Waals surface area contributed by atoms with Gasteiger partial charge in [0.15, 0.2) is 0 Å². The van der Waals surface area contributed by atoms with Crippen LogP contribution in [0.3, 0.4) is 0 Å². The summed E-state index contributed by atoms with van der Waals surface area (Å²) in [4.78, 5) is 0. The van der Waals surface area contributed by atoms with Gasteiger partial charge in [-0.05, 0) is 13.8 Å². The Bertz CT molecular complexity index is 991. The predicted molar refractivity (Wildman–Crippen MR) is 118 cm³/mol. The SMILES string of the molecule is Cc1cc2c(C)cccc2[cH-]1.Cc1cc2c(C)cccc2[cH-]1.[Cl-].[Cl-].[Hf+2]=[Si]1CCC1. The second-order valence-corrected chi connectivity index (χ2v) is 17.5. The van der Waals surface area contributed by atoms with Crippen molar-refractivity contribution in [2.75, 3.05) is 0 Å². The van der Waals surface area contributed by atoms with Crippen LogP contribution in [0.1, 0.15) is 28.7 Å². The molecule has 4 aromatic rings. The van der Waals surface area contributed by atoms with Crippen molar-refractivity contribution in [2.45, 2.75) is 46.2 Å². The van der Waals surface area contributed by atoms with Crippen molar-refractivity contribution in [1.29, 1.82) is 0 Å². The molecular formula is C25H28Cl2HfSi-2. The van der Waals surface area contributed by atoms with Crippen molar-refractivity contribution in [3.63, 3.8) is 0 Å². The summed E-state index contributed by atoms with van der Waals surface area (Å²) >= 11 is 1.56. The quantitative estimate of drug-likeness (QED) is 0.210. The topological polar surface area (TPSA) is 0 Å². The summed E-state index contributed by atoms with van der Waals surface area (Å²) in [5, 5.41) is 5.51. The first-order valence-electron chi connectivity index (χ1n) is 9.75. The molecule has 0 N–H and O–H groups in total. The van der Waals surface area contributed by atoms with E-state index in [2.05, 4.69) is 88.4 Å². The monoisotopic (exact) mass is 606 g/mol. The van der Waals surface area contributed by atoms with Crippen molar-refractivity contribution in [3.05, 3.63) is 82.9 Å². The van der Waals surface area contributed by atoms with Crippen LogP contribution in [0.15, 0.2) is 60.7 Å². The molecular weight excluding hydrogens is 578 g/mol. The molecule has 29 heavy (non-hydrogen) atoms. The van der Waals surface area contributed by atoms with E-state index < -0.39 is 0 Å². The van der Waals surface area contributed by atoms with E-state index in [1.807, 2.05) is 0 Å². The van der Waals surface area contributed by atoms with E-state index in [4.69, 9.17) is 0 Å². The Hall–Kier alpha value is -0.673. The zero-order chi connectivity index (χ0) is 19.4. The molecule has 0 radical (unpaired) electrons. The van der Waals surface area contributed by atoms with Gasteiger partial charge in [0.25, 0.3) is 0 Å². The molecule has 0 nitrogen and oxygen atoms in total. The van der Waals surface area contributed by atoms with Crippen LogP contribution in [0, 0.1) is 27.7 Å². The second kappa shape index (κ2) is 12.2. The Morgan fingerprint density at radius 1 is 0.724 bits per heavy atom. The molecule has 4 aromatic carbocycles. The Morgan fingerprint density at radius 2 is 1.10 bits per heavy atom. The minimum atomic E-state index is 0. The summed E-state index contributed by atoms with van der Waals surface area (Å²) in [6.45, 7) is 8.59. The molecule has 1 heterocycles. The third-order valence-electron chi connectivity index (χ3n) is 5.18. The number of hydrogen-bond donors (Lipinski definition) is 0. The molecule has 0 bridgehead atoms. The van der Waals surface area contributed by atoms with Gasteiger partial charge in [-0.3, -0.25) is 0 Å². The zero-order valence-electron chi connectivity index (χ0n) is 17.7. The number of aryl methyl sites for hydroxylation is 4. The Kier molecular flexibility index (Phi) is 11.1. The van der Waals surface area contributed by atoms with E-state index >= 15 is 0 Å². The Balaban J connectivity index is 0.000000224. The van der Waals surface area contributed by atoms with Gasteiger partial charge in [0.05, 0.1) is 0 Å². The molecule has 0 unspecified atom stereocenters. The molecule has 1 aliphatic rings. The van der Waals surface area contributed by atoms with Crippen LogP contribution in [-0.4, -0.2) is 5.49 Å². The molecule has 0 amide bonds. The molecule has 152 valence electrons. The maximum atomic E-state index is 2.24. The molecule has 4 heteroatoms. The maximum absolute atomic E-state index is 2.24. The number of hydrogen-bond acceptors (Lipinski definition) is 0. The third kappa shape index (κ3) is 7.20. The van der Waals surface area contributed by atoms with Gasteiger partial charge in [-0.2, -0.15) is 12.1 Å². The van der Waals surface area contributed by atoms with E-state index in [0.29, 0.717) is 5.49 Å². The van der Waals surface area contributed by atoms with Gasteiger partial charge in [0, 0.05) is 0 Å². The molecule has 0 saturated carbocycles. The molecule has 1 saturated heterocycles. The average molecular weight is 606 g/mol. The Labute approximate surface area is 202 Å². The van der Waals surface area contributed by atoms with Gasteiger partial charge in [-0.25, -0.2) is 0 Å². The average Bonchev–Trinajstić information content (AvgIpc) is 3.17. The summed E-state index contributed by atoms with van der Waals surface area (Å²) < 4.78 is 0. The van der Waals surface area contributed by atoms with Crippen molar-refractivity contribution in [3.8, 4) is 0 Å². The number of halogens is 2. The van der Waals surface area contributed by atoms with Crippen molar-refractivity contribution < 1.29 is 47.8 Å². The molecule has 1 fully saturated rings. The normalized spacial score (nSPS) is 12.0. The van der Waals surface area contributed by atoms with Crippen LogP contribution >= 0.6 is 0 Å². The summed E-state index contributed by atoms with van der Waals surface area (Å²) in [6, 6.07) is 25.1. The van der Waals surface area contributed by atoms with Crippen LogP contribution in [0.2, 0.25) is 12.1 Å². The molecule has 0 aliphatic carbocycles. The van der Waals surface area contributed by atoms with E-state index in [1.165, 1.54) is 43.8 Å². The molecule has 0 atom stereocenters. The van der Waals surface area contributed by atoms with E-state index in [1.54, 1.807) is 41.5 Å². The fourth-order valence-corrected chi connectivity index (χ4v) is 7.95. The summed E-state index contributed by atoms with van der Waals surface area (Å²) in [7, 11) is 0. The first kappa shape index (κ1) is 26.4. The zero-order valence-corrected chi connectivity index (χ0v) is 23.8. The van der Waals surface area contributed by atoms with Crippen LogP contribution in [0.25, 0.3) is 21.5 Å². The second-order valence-electron chi connectivity index (χ2n) is 7.68. The van der Waals surface area contributed by atoms with Gasteiger partial charge in [0.1, 0.15) is 0 Å². The van der Waals surface area contributed by atoms with Crippen LogP contribution in [0.4, 0.5) is 0 Å². The Morgan fingerprint density at radius 3 is 1.38 bits per heavy atom. The van der Waals surface area contributed by atoms with Crippen molar-refractivity contribution in [2.24, 2.45) is 0 Å². The standard InChI is InChI=1S/2C11H11.C3H6Si.2ClH.Hf/c2*1-8-6-10-5-3-4-9(2)11(10)7-8;1-2-4-3-1;;;/h2*3-7H,1-2H3;1-3H2;2*1H;/q2*-1;;;;+2/p-2. The van der Waals surface area contributed by atoms with Gasteiger partial charge in [-0.15, -0.1) is 69.1 Å². The summed E-state index contributed by atoms with van der Waals surface area (Å²) in [6.07, 6.45) is 1.57. The predicted octanol–water partition coefficient (Wildman–Crippen LogP) is 1.29. The fourth-order valence-electron chi connectivity index (χ4n) is 3.44. The number of benzene rings is 2. The number of rotatable bonds is 0. The molecule has 0 aromatic heterocycles. The van der Waals surface area contributed by atoms with Gasteiger partial charge in [0.2, 0.25) is 0 Å². The van der Waals surface area contributed by atoms with Crippen LogP contribution in [0.5, 0.6) is 0 Å². The first-order valence-corrected chi connectivity index (χ1v) is 17.1. The first-order chi connectivity index (χ1) is 12.9. The number of fused-ring (bicyclic) bond motifs is 2. The third-order valence-corrected chi connectivity index (χ3v) is 12.5.